The van der Waals surface area contributed by atoms with Crippen molar-refractivity contribution in [1.29, 1.82) is 0 Å². The van der Waals surface area contributed by atoms with Gasteiger partial charge in [-0.2, -0.15) is 8.42 Å². The van der Waals surface area contributed by atoms with Crippen LogP contribution in [0.25, 0.3) is 0 Å². The fourth-order valence-electron chi connectivity index (χ4n) is 1.82. The first kappa shape index (κ1) is 16.2. The lowest BCUT2D eigenvalue weighted by atomic mass is 10.2. The van der Waals surface area contributed by atoms with Crippen LogP contribution in [0, 0.1) is 10.1 Å². The molecule has 0 N–H and O–H groups in total. The van der Waals surface area contributed by atoms with Gasteiger partial charge in [0.2, 0.25) is 0 Å². The number of nitro groups is 1. The van der Waals surface area contributed by atoms with Crippen LogP contribution in [0.1, 0.15) is 10.1 Å². The van der Waals surface area contributed by atoms with E-state index < -0.39 is 20.7 Å². The molecule has 1 aromatic carbocycles. The maximum Gasteiger partial charge on any atom is 0.316 e. The molecule has 0 radical (unpaired) electrons. The molecule has 0 atom stereocenters. The number of nitro benzene ring substituents is 1. The SMILES string of the molecule is COc1cc(C2SCCS2)cc([N+](=O)[O-])c1OS(C)(=O)=O. The van der Waals surface area contributed by atoms with Crippen LogP contribution in [-0.2, 0) is 10.1 Å². The number of methoxy groups -OCH3 is 1. The summed E-state index contributed by atoms with van der Waals surface area (Å²) in [6, 6.07) is 2.93. The van der Waals surface area contributed by atoms with Crippen LogP contribution in [0.4, 0.5) is 5.69 Å². The van der Waals surface area contributed by atoms with E-state index in [9.17, 15) is 18.5 Å². The Morgan fingerprint density at radius 1 is 1.33 bits per heavy atom. The Bertz CT molecular complexity index is 654. The van der Waals surface area contributed by atoms with Gasteiger partial charge in [0.25, 0.3) is 5.75 Å². The van der Waals surface area contributed by atoms with Gasteiger partial charge in [0, 0.05) is 17.6 Å². The number of hydrogen-bond acceptors (Lipinski definition) is 8. The van der Waals surface area contributed by atoms with Crippen molar-refractivity contribution in [3.63, 3.8) is 0 Å². The molecule has 0 aromatic heterocycles. The first-order valence-corrected chi connectivity index (χ1v) is 9.72. The van der Waals surface area contributed by atoms with E-state index in [4.69, 9.17) is 8.92 Å². The third-order valence-corrected chi connectivity index (χ3v) is 6.18. The van der Waals surface area contributed by atoms with Crippen molar-refractivity contribution in [3.05, 3.63) is 27.8 Å². The molecule has 1 aliphatic rings. The zero-order valence-corrected chi connectivity index (χ0v) is 13.7. The molecule has 10 heteroatoms. The highest BCUT2D eigenvalue weighted by molar-refractivity contribution is 8.19. The first-order valence-electron chi connectivity index (χ1n) is 5.81. The van der Waals surface area contributed by atoms with Crippen molar-refractivity contribution in [2.45, 2.75) is 4.58 Å². The molecule has 1 aliphatic heterocycles. The second kappa shape index (κ2) is 6.32. The second-order valence-electron chi connectivity index (χ2n) is 4.19. The van der Waals surface area contributed by atoms with E-state index in [1.165, 1.54) is 13.2 Å². The lowest BCUT2D eigenvalue weighted by Gasteiger charge is -2.13. The van der Waals surface area contributed by atoms with Crippen molar-refractivity contribution < 1.29 is 22.3 Å². The van der Waals surface area contributed by atoms with Crippen molar-refractivity contribution in [2.24, 2.45) is 0 Å². The van der Waals surface area contributed by atoms with E-state index in [2.05, 4.69) is 0 Å². The molecule has 2 rings (SSSR count). The van der Waals surface area contributed by atoms with Gasteiger partial charge in [-0.15, -0.1) is 23.5 Å². The minimum absolute atomic E-state index is 0.0396. The Morgan fingerprint density at radius 2 is 1.95 bits per heavy atom. The number of hydrogen-bond donors (Lipinski definition) is 0. The molecule has 1 heterocycles. The van der Waals surface area contributed by atoms with E-state index in [1.54, 1.807) is 29.6 Å². The zero-order valence-electron chi connectivity index (χ0n) is 11.3. The third-order valence-electron chi connectivity index (χ3n) is 2.60. The van der Waals surface area contributed by atoms with Gasteiger partial charge in [-0.05, 0) is 11.6 Å². The van der Waals surface area contributed by atoms with Crippen LogP contribution in [0.15, 0.2) is 12.1 Å². The quantitative estimate of drug-likeness (QED) is 0.453. The molecular weight excluding hydrogens is 338 g/mol. The summed E-state index contributed by atoms with van der Waals surface area (Å²) in [5.74, 6) is 1.58. The summed E-state index contributed by atoms with van der Waals surface area (Å²) in [4.78, 5) is 10.5. The summed E-state index contributed by atoms with van der Waals surface area (Å²) < 4.78 is 32.4. The lowest BCUT2D eigenvalue weighted by Crippen LogP contribution is -2.09. The van der Waals surface area contributed by atoms with Crippen LogP contribution < -0.4 is 8.92 Å². The zero-order chi connectivity index (χ0) is 15.6. The van der Waals surface area contributed by atoms with E-state index in [0.717, 1.165) is 17.8 Å². The smallest absolute Gasteiger partial charge is 0.316 e. The Morgan fingerprint density at radius 3 is 2.43 bits per heavy atom. The van der Waals surface area contributed by atoms with Gasteiger partial charge in [-0.25, -0.2) is 0 Å². The van der Waals surface area contributed by atoms with Gasteiger partial charge >= 0.3 is 15.8 Å². The third kappa shape index (κ3) is 3.95. The normalized spacial score (nSPS) is 15.9. The summed E-state index contributed by atoms with van der Waals surface area (Å²) in [5.41, 5.74) is 0.301. The molecule has 0 aliphatic carbocycles. The molecule has 1 fully saturated rings. The minimum Gasteiger partial charge on any atom is -0.493 e. The molecule has 7 nitrogen and oxygen atoms in total. The molecule has 21 heavy (non-hydrogen) atoms. The van der Waals surface area contributed by atoms with Gasteiger partial charge in [-0.1, -0.05) is 0 Å². The number of ether oxygens (including phenoxy) is 1. The topological polar surface area (TPSA) is 95.7 Å². The number of thioether (sulfide) groups is 2. The van der Waals surface area contributed by atoms with Gasteiger partial charge in [0.1, 0.15) is 0 Å². The highest BCUT2D eigenvalue weighted by Crippen LogP contribution is 2.49. The largest absolute Gasteiger partial charge is 0.493 e. The number of nitrogens with zero attached hydrogens (tertiary/aromatic N) is 1. The van der Waals surface area contributed by atoms with Crippen LogP contribution in [0.2, 0.25) is 0 Å². The Hall–Kier alpha value is -1.13. The number of benzene rings is 1. The average molecular weight is 351 g/mol. The van der Waals surface area contributed by atoms with Crippen LogP contribution in [0.5, 0.6) is 11.5 Å². The number of rotatable bonds is 5. The van der Waals surface area contributed by atoms with Crippen molar-refractivity contribution >= 4 is 39.3 Å². The molecule has 1 aromatic rings. The summed E-state index contributed by atoms with van der Waals surface area (Å²) in [6.07, 6.45) is 0.826. The maximum absolute atomic E-state index is 11.3. The highest BCUT2D eigenvalue weighted by atomic mass is 32.2. The van der Waals surface area contributed by atoms with E-state index in [1.807, 2.05) is 0 Å². The Kier molecular flexibility index (Phi) is 4.89. The lowest BCUT2D eigenvalue weighted by molar-refractivity contribution is -0.385. The second-order valence-corrected chi connectivity index (χ2v) is 8.49. The molecular formula is C11H13NO6S3. The van der Waals surface area contributed by atoms with Gasteiger partial charge in [-0.3, -0.25) is 10.1 Å². The maximum atomic E-state index is 11.3. The summed E-state index contributed by atoms with van der Waals surface area (Å²) in [7, 11) is -2.58. The standard InChI is InChI=1S/C11H13NO6S3/c1-17-9-6-7(11-19-3-4-20-11)5-8(12(13)14)10(9)18-21(2,15)16/h5-6,11H,3-4H2,1-2H3. The monoisotopic (exact) mass is 351 g/mol. The molecule has 0 unspecified atom stereocenters. The minimum atomic E-state index is -3.89. The van der Waals surface area contributed by atoms with Crippen LogP contribution in [0.3, 0.4) is 0 Å². The van der Waals surface area contributed by atoms with Gasteiger partial charge in [0.15, 0.2) is 5.75 Å². The van der Waals surface area contributed by atoms with E-state index >= 15 is 0 Å². The summed E-state index contributed by atoms with van der Waals surface area (Å²) >= 11 is 3.36. The fourth-order valence-corrected chi connectivity index (χ4v) is 5.11. The molecule has 0 amide bonds. The predicted molar refractivity (Wildman–Crippen MR) is 82.8 cm³/mol. The summed E-state index contributed by atoms with van der Waals surface area (Å²) in [5, 5.41) is 11.2. The molecule has 0 saturated carbocycles. The van der Waals surface area contributed by atoms with Crippen LogP contribution in [-0.4, -0.2) is 38.2 Å². The Balaban J connectivity index is 2.55. The van der Waals surface area contributed by atoms with E-state index in [0.29, 0.717) is 5.56 Å². The molecule has 116 valence electrons. The fraction of sp³-hybridized carbons (Fsp3) is 0.455. The predicted octanol–water partition coefficient (Wildman–Crippen LogP) is 2.42. The van der Waals surface area contributed by atoms with Crippen molar-refractivity contribution in [2.75, 3.05) is 24.9 Å². The first-order chi connectivity index (χ1) is 9.81. The molecule has 1 saturated heterocycles. The van der Waals surface area contributed by atoms with Crippen LogP contribution >= 0.6 is 23.5 Å². The Labute approximate surface area is 130 Å². The highest BCUT2D eigenvalue weighted by Gasteiger charge is 2.29. The van der Waals surface area contributed by atoms with Gasteiger partial charge in [0.05, 0.1) is 22.9 Å². The van der Waals surface area contributed by atoms with Gasteiger partial charge < -0.3 is 8.92 Å². The molecule has 0 bridgehead atoms. The van der Waals surface area contributed by atoms with E-state index in [-0.39, 0.29) is 16.1 Å². The van der Waals surface area contributed by atoms with Crippen molar-refractivity contribution in [3.8, 4) is 11.5 Å². The average Bonchev–Trinajstić information content (AvgIpc) is 2.90. The molecule has 0 spiro atoms. The van der Waals surface area contributed by atoms with Crippen molar-refractivity contribution in [1.82, 2.24) is 0 Å². The summed E-state index contributed by atoms with van der Waals surface area (Å²) in [6.45, 7) is 0.